The summed E-state index contributed by atoms with van der Waals surface area (Å²) in [5.74, 6) is 2.33. The first-order valence-corrected chi connectivity index (χ1v) is 10.6. The summed E-state index contributed by atoms with van der Waals surface area (Å²) in [6.45, 7) is 2.70. The van der Waals surface area contributed by atoms with Gasteiger partial charge >= 0.3 is 0 Å². The lowest BCUT2D eigenvalue weighted by molar-refractivity contribution is -0.171. The van der Waals surface area contributed by atoms with Crippen LogP contribution in [0.15, 0.2) is 4.99 Å². The molecule has 3 aliphatic carbocycles. The van der Waals surface area contributed by atoms with Crippen molar-refractivity contribution in [1.29, 1.82) is 0 Å². The number of ether oxygens (including phenoxy) is 1. The van der Waals surface area contributed by atoms with Crippen molar-refractivity contribution in [2.75, 3.05) is 26.7 Å². The molecule has 0 aromatic heterocycles. The predicted molar refractivity (Wildman–Crippen MR) is 99.9 cm³/mol. The Labute approximate surface area is 156 Å². The molecular formula is C20H32N4O2. The molecule has 144 valence electrons. The molecule has 2 heterocycles. The van der Waals surface area contributed by atoms with Gasteiger partial charge in [-0.05, 0) is 44.9 Å². The van der Waals surface area contributed by atoms with Crippen LogP contribution in [0.5, 0.6) is 0 Å². The average molecular weight is 361 g/mol. The molecule has 1 amide bonds. The fourth-order valence-electron chi connectivity index (χ4n) is 5.80. The summed E-state index contributed by atoms with van der Waals surface area (Å²) in [5, 5.41) is 7.39. The topological polar surface area (TPSA) is 66.0 Å². The molecule has 2 N–H and O–H groups in total. The number of amides is 1. The molecule has 6 nitrogen and oxygen atoms in total. The van der Waals surface area contributed by atoms with E-state index >= 15 is 0 Å². The SMILES string of the molecule is CN=C(NC1CCN(C(=O)C2CC2)CC1)NC1C2CCOC2C12CCC2. The lowest BCUT2D eigenvalue weighted by atomic mass is 9.46. The molecule has 5 rings (SSSR count). The number of carbonyl (C=O) groups is 1. The zero-order chi connectivity index (χ0) is 17.7. The maximum absolute atomic E-state index is 12.2. The molecular weight excluding hydrogens is 328 g/mol. The average Bonchev–Trinajstić information content (AvgIpc) is 3.38. The molecule has 26 heavy (non-hydrogen) atoms. The van der Waals surface area contributed by atoms with Crippen LogP contribution in [0, 0.1) is 17.3 Å². The molecule has 0 aromatic rings. The number of aliphatic imine (C=N–C) groups is 1. The second-order valence-electron chi connectivity index (χ2n) is 9.04. The van der Waals surface area contributed by atoms with Gasteiger partial charge in [-0.25, -0.2) is 0 Å². The molecule has 0 bridgehead atoms. The van der Waals surface area contributed by atoms with Gasteiger partial charge in [0.25, 0.3) is 0 Å². The van der Waals surface area contributed by atoms with Crippen molar-refractivity contribution in [2.45, 2.75) is 69.6 Å². The van der Waals surface area contributed by atoms with Crippen LogP contribution in [0.1, 0.15) is 51.4 Å². The Bertz CT molecular complexity index is 591. The van der Waals surface area contributed by atoms with E-state index in [9.17, 15) is 4.79 Å². The minimum absolute atomic E-state index is 0.341. The molecule has 2 aliphatic heterocycles. The summed E-state index contributed by atoms with van der Waals surface area (Å²) < 4.78 is 6.03. The fraction of sp³-hybridized carbons (Fsp3) is 0.900. The maximum atomic E-state index is 12.2. The Balaban J connectivity index is 1.15. The van der Waals surface area contributed by atoms with Gasteiger partial charge in [0.15, 0.2) is 5.96 Å². The van der Waals surface area contributed by atoms with E-state index in [0.717, 1.165) is 51.3 Å². The molecule has 5 aliphatic rings. The van der Waals surface area contributed by atoms with E-state index in [1.807, 2.05) is 7.05 Å². The highest BCUT2D eigenvalue weighted by Crippen LogP contribution is 2.62. The Hall–Kier alpha value is -1.30. The molecule has 3 unspecified atom stereocenters. The number of likely N-dealkylation sites (tertiary alicyclic amines) is 1. The summed E-state index contributed by atoms with van der Waals surface area (Å²) in [4.78, 5) is 18.8. The molecule has 1 spiro atoms. The lowest BCUT2D eigenvalue weighted by Gasteiger charge is -2.63. The number of nitrogens with one attached hydrogen (secondary N) is 2. The van der Waals surface area contributed by atoms with Gasteiger partial charge in [0, 0.05) is 56.1 Å². The highest BCUT2D eigenvalue weighted by molar-refractivity contribution is 5.82. The van der Waals surface area contributed by atoms with Crippen molar-refractivity contribution >= 4 is 11.9 Å². The number of rotatable bonds is 3. The van der Waals surface area contributed by atoms with E-state index in [0.29, 0.717) is 41.3 Å². The third-order valence-electron chi connectivity index (χ3n) is 7.63. The van der Waals surface area contributed by atoms with Crippen molar-refractivity contribution < 1.29 is 9.53 Å². The van der Waals surface area contributed by atoms with E-state index in [-0.39, 0.29) is 0 Å². The third kappa shape index (κ3) is 2.63. The summed E-state index contributed by atoms with van der Waals surface area (Å²) in [6, 6.07) is 0.934. The molecule has 5 fully saturated rings. The third-order valence-corrected chi connectivity index (χ3v) is 7.63. The largest absolute Gasteiger partial charge is 0.377 e. The minimum atomic E-state index is 0.341. The Kier molecular flexibility index (Phi) is 4.14. The van der Waals surface area contributed by atoms with Crippen LogP contribution in [-0.2, 0) is 9.53 Å². The van der Waals surface area contributed by atoms with Crippen LogP contribution in [0.4, 0.5) is 0 Å². The van der Waals surface area contributed by atoms with E-state index in [1.54, 1.807) is 0 Å². The van der Waals surface area contributed by atoms with E-state index < -0.39 is 0 Å². The van der Waals surface area contributed by atoms with Gasteiger partial charge in [0.05, 0.1) is 6.10 Å². The molecule has 2 saturated heterocycles. The first-order chi connectivity index (χ1) is 12.7. The summed E-state index contributed by atoms with van der Waals surface area (Å²) in [6.07, 6.45) is 9.84. The van der Waals surface area contributed by atoms with E-state index in [1.165, 1.54) is 25.7 Å². The molecule has 0 aromatic carbocycles. The van der Waals surface area contributed by atoms with Gasteiger partial charge in [-0.3, -0.25) is 9.79 Å². The first-order valence-electron chi connectivity index (χ1n) is 10.6. The van der Waals surface area contributed by atoms with E-state index in [2.05, 4.69) is 20.5 Å². The number of hydrogen-bond donors (Lipinski definition) is 2. The number of fused-ring (bicyclic) bond motifs is 2. The van der Waals surface area contributed by atoms with Crippen LogP contribution in [-0.4, -0.2) is 61.7 Å². The van der Waals surface area contributed by atoms with Crippen molar-refractivity contribution in [2.24, 2.45) is 22.2 Å². The van der Waals surface area contributed by atoms with Gasteiger partial charge in [-0.1, -0.05) is 6.42 Å². The number of piperidine rings is 1. The van der Waals surface area contributed by atoms with Crippen LogP contribution in [0.2, 0.25) is 0 Å². The zero-order valence-electron chi connectivity index (χ0n) is 15.9. The predicted octanol–water partition coefficient (Wildman–Crippen LogP) is 1.51. The van der Waals surface area contributed by atoms with Crippen molar-refractivity contribution in [3.8, 4) is 0 Å². The van der Waals surface area contributed by atoms with Gasteiger partial charge in [-0.15, -0.1) is 0 Å². The standard InChI is InChI=1S/C20H32N4O2/c1-21-19(22-14-5-10-24(11-6-14)18(25)13-3-4-13)23-16-15-7-12-26-17(15)20(16)8-2-9-20/h13-17H,2-12H2,1H3,(H2,21,22,23). The van der Waals surface area contributed by atoms with Crippen molar-refractivity contribution in [3.05, 3.63) is 0 Å². The number of hydrogen-bond acceptors (Lipinski definition) is 3. The van der Waals surface area contributed by atoms with Crippen LogP contribution in [0.3, 0.4) is 0 Å². The molecule has 0 radical (unpaired) electrons. The van der Waals surface area contributed by atoms with Crippen molar-refractivity contribution in [3.63, 3.8) is 0 Å². The minimum Gasteiger partial charge on any atom is -0.377 e. The van der Waals surface area contributed by atoms with Crippen LogP contribution >= 0.6 is 0 Å². The Morgan fingerprint density at radius 1 is 1.12 bits per heavy atom. The number of carbonyl (C=O) groups excluding carboxylic acids is 1. The monoisotopic (exact) mass is 360 g/mol. The van der Waals surface area contributed by atoms with Gasteiger partial charge < -0.3 is 20.3 Å². The quantitative estimate of drug-likeness (QED) is 0.591. The Morgan fingerprint density at radius 3 is 2.50 bits per heavy atom. The van der Waals surface area contributed by atoms with E-state index in [4.69, 9.17) is 4.74 Å². The Morgan fingerprint density at radius 2 is 1.88 bits per heavy atom. The zero-order valence-corrected chi connectivity index (χ0v) is 15.9. The van der Waals surface area contributed by atoms with Crippen LogP contribution in [0.25, 0.3) is 0 Å². The molecule has 3 saturated carbocycles. The summed E-state index contributed by atoms with van der Waals surface area (Å²) in [5.41, 5.74) is 0.374. The van der Waals surface area contributed by atoms with Gasteiger partial charge in [0.1, 0.15) is 0 Å². The molecule has 3 atom stereocenters. The second kappa shape index (κ2) is 6.39. The highest BCUT2D eigenvalue weighted by atomic mass is 16.5. The fourth-order valence-corrected chi connectivity index (χ4v) is 5.80. The summed E-state index contributed by atoms with van der Waals surface area (Å²) in [7, 11) is 1.87. The maximum Gasteiger partial charge on any atom is 0.225 e. The van der Waals surface area contributed by atoms with Crippen molar-refractivity contribution in [1.82, 2.24) is 15.5 Å². The molecule has 6 heteroatoms. The van der Waals surface area contributed by atoms with Gasteiger partial charge in [-0.2, -0.15) is 0 Å². The second-order valence-corrected chi connectivity index (χ2v) is 9.04. The highest BCUT2D eigenvalue weighted by Gasteiger charge is 2.66. The number of guanidine groups is 1. The summed E-state index contributed by atoms with van der Waals surface area (Å²) >= 11 is 0. The first kappa shape index (κ1) is 16.8. The lowest BCUT2D eigenvalue weighted by Crippen LogP contribution is -2.72. The smallest absolute Gasteiger partial charge is 0.225 e. The number of nitrogens with zero attached hydrogens (tertiary/aromatic N) is 2. The van der Waals surface area contributed by atoms with Gasteiger partial charge in [0.2, 0.25) is 5.91 Å². The van der Waals surface area contributed by atoms with Crippen LogP contribution < -0.4 is 10.6 Å². The normalized spacial score (nSPS) is 36.3.